The van der Waals surface area contributed by atoms with Gasteiger partial charge in [0.2, 0.25) is 0 Å². The van der Waals surface area contributed by atoms with Gasteiger partial charge in [-0.15, -0.1) is 0 Å². The molecule has 4 heteroatoms. The van der Waals surface area contributed by atoms with Gasteiger partial charge in [-0.1, -0.05) is 0 Å². The summed E-state index contributed by atoms with van der Waals surface area (Å²) in [6, 6.07) is 0.749. The first kappa shape index (κ1) is 12.7. The van der Waals surface area contributed by atoms with Crippen LogP contribution in [0, 0.1) is 0 Å². The highest BCUT2D eigenvalue weighted by molar-refractivity contribution is 7.99. The summed E-state index contributed by atoms with van der Waals surface area (Å²) < 4.78 is 5.39. The van der Waals surface area contributed by atoms with Crippen LogP contribution in [-0.2, 0) is 4.74 Å². The van der Waals surface area contributed by atoms with Crippen molar-refractivity contribution in [3.05, 3.63) is 0 Å². The van der Waals surface area contributed by atoms with Gasteiger partial charge in [0.05, 0.1) is 6.10 Å². The number of thioether (sulfide) groups is 1. The standard InChI is InChI=1S/C12H24N2OS/c1-15-12-3-7-14(8-4-12)6-2-11-10-16-9-5-13-11/h11-13H,2-10H2,1H3. The Kier molecular flexibility index (Phi) is 5.42. The van der Waals surface area contributed by atoms with Crippen molar-refractivity contribution in [2.45, 2.75) is 31.4 Å². The van der Waals surface area contributed by atoms with Crippen LogP contribution in [-0.4, -0.2) is 61.8 Å². The summed E-state index contributed by atoms with van der Waals surface area (Å²) in [6.07, 6.45) is 4.25. The van der Waals surface area contributed by atoms with Crippen molar-refractivity contribution in [1.29, 1.82) is 0 Å². The fourth-order valence-corrected chi connectivity index (χ4v) is 3.51. The lowest BCUT2D eigenvalue weighted by molar-refractivity contribution is 0.0403. The highest BCUT2D eigenvalue weighted by Crippen LogP contribution is 2.15. The number of nitrogens with zero attached hydrogens (tertiary/aromatic N) is 1. The zero-order valence-electron chi connectivity index (χ0n) is 10.3. The number of hydrogen-bond donors (Lipinski definition) is 1. The van der Waals surface area contributed by atoms with E-state index < -0.39 is 0 Å². The van der Waals surface area contributed by atoms with E-state index in [2.05, 4.69) is 22.0 Å². The summed E-state index contributed by atoms with van der Waals surface area (Å²) in [5, 5.41) is 3.61. The molecule has 0 aromatic carbocycles. The summed E-state index contributed by atoms with van der Waals surface area (Å²) in [6.45, 7) is 4.90. The van der Waals surface area contributed by atoms with Gasteiger partial charge < -0.3 is 15.0 Å². The molecule has 2 saturated heterocycles. The summed E-state index contributed by atoms with van der Waals surface area (Å²) in [5.74, 6) is 2.59. The minimum Gasteiger partial charge on any atom is -0.381 e. The van der Waals surface area contributed by atoms with Gasteiger partial charge in [0, 0.05) is 44.3 Å². The number of hydrogen-bond acceptors (Lipinski definition) is 4. The third kappa shape index (κ3) is 3.91. The molecule has 2 aliphatic rings. The van der Waals surface area contributed by atoms with Crippen LogP contribution in [0.15, 0.2) is 0 Å². The summed E-state index contributed by atoms with van der Waals surface area (Å²) in [5.41, 5.74) is 0. The number of ether oxygens (including phenoxy) is 1. The molecule has 0 aromatic heterocycles. The SMILES string of the molecule is COC1CCN(CCC2CSCCN2)CC1. The van der Waals surface area contributed by atoms with Crippen LogP contribution in [0.2, 0.25) is 0 Å². The lowest BCUT2D eigenvalue weighted by Crippen LogP contribution is -2.42. The number of methoxy groups -OCH3 is 1. The van der Waals surface area contributed by atoms with Gasteiger partial charge in [-0.25, -0.2) is 0 Å². The molecule has 0 bridgehead atoms. The molecule has 3 nitrogen and oxygen atoms in total. The van der Waals surface area contributed by atoms with Gasteiger partial charge in [0.15, 0.2) is 0 Å². The zero-order valence-corrected chi connectivity index (χ0v) is 11.1. The molecule has 0 aromatic rings. The highest BCUT2D eigenvalue weighted by Gasteiger charge is 2.20. The second kappa shape index (κ2) is 6.84. The quantitative estimate of drug-likeness (QED) is 0.803. The zero-order chi connectivity index (χ0) is 11.2. The predicted molar refractivity (Wildman–Crippen MR) is 70.2 cm³/mol. The fraction of sp³-hybridized carbons (Fsp3) is 1.00. The van der Waals surface area contributed by atoms with E-state index in [1.807, 2.05) is 7.11 Å². The van der Waals surface area contributed by atoms with Crippen molar-refractivity contribution < 1.29 is 4.74 Å². The average molecular weight is 244 g/mol. The molecule has 0 aliphatic carbocycles. The summed E-state index contributed by atoms with van der Waals surface area (Å²) >= 11 is 2.09. The summed E-state index contributed by atoms with van der Waals surface area (Å²) in [4.78, 5) is 2.59. The molecule has 1 N–H and O–H groups in total. The molecule has 16 heavy (non-hydrogen) atoms. The first-order chi connectivity index (χ1) is 7.88. The minimum absolute atomic E-state index is 0.514. The molecule has 0 amide bonds. The molecule has 0 radical (unpaired) electrons. The van der Waals surface area contributed by atoms with Gasteiger partial charge in [0.1, 0.15) is 0 Å². The fourth-order valence-electron chi connectivity index (χ4n) is 2.51. The Labute approximate surface area is 103 Å². The maximum atomic E-state index is 5.39. The normalized spacial score (nSPS) is 29.4. The number of nitrogens with one attached hydrogen (secondary N) is 1. The smallest absolute Gasteiger partial charge is 0.0595 e. The second-order valence-electron chi connectivity index (χ2n) is 4.79. The third-order valence-corrected chi connectivity index (χ3v) is 4.79. The lowest BCUT2D eigenvalue weighted by atomic mass is 10.1. The van der Waals surface area contributed by atoms with E-state index >= 15 is 0 Å². The minimum atomic E-state index is 0.514. The number of likely N-dealkylation sites (tertiary alicyclic amines) is 1. The molecular weight excluding hydrogens is 220 g/mol. The number of piperidine rings is 1. The van der Waals surface area contributed by atoms with E-state index in [1.54, 1.807) is 0 Å². The molecule has 1 atom stereocenters. The van der Waals surface area contributed by atoms with Gasteiger partial charge in [-0.3, -0.25) is 0 Å². The number of rotatable bonds is 4. The first-order valence-electron chi connectivity index (χ1n) is 6.45. The van der Waals surface area contributed by atoms with E-state index in [-0.39, 0.29) is 0 Å². The Morgan fingerprint density at radius 1 is 1.38 bits per heavy atom. The molecular formula is C12H24N2OS. The molecule has 1 unspecified atom stereocenters. The maximum Gasteiger partial charge on any atom is 0.0595 e. The molecule has 0 saturated carbocycles. The van der Waals surface area contributed by atoms with E-state index in [1.165, 1.54) is 56.9 Å². The first-order valence-corrected chi connectivity index (χ1v) is 7.60. The van der Waals surface area contributed by atoms with Crippen molar-refractivity contribution in [3.8, 4) is 0 Å². The van der Waals surface area contributed by atoms with Gasteiger partial charge in [-0.2, -0.15) is 11.8 Å². The van der Waals surface area contributed by atoms with Crippen LogP contribution in [0.4, 0.5) is 0 Å². The topological polar surface area (TPSA) is 24.5 Å². The molecule has 2 heterocycles. The molecule has 0 spiro atoms. The predicted octanol–water partition coefficient (Wildman–Crippen LogP) is 1.19. The largest absolute Gasteiger partial charge is 0.381 e. The van der Waals surface area contributed by atoms with Gasteiger partial charge in [0.25, 0.3) is 0 Å². The van der Waals surface area contributed by atoms with Crippen LogP contribution < -0.4 is 5.32 Å². The molecule has 94 valence electrons. The van der Waals surface area contributed by atoms with Gasteiger partial charge in [-0.05, 0) is 25.8 Å². The Morgan fingerprint density at radius 2 is 2.19 bits per heavy atom. The monoisotopic (exact) mass is 244 g/mol. The van der Waals surface area contributed by atoms with Gasteiger partial charge >= 0.3 is 0 Å². The van der Waals surface area contributed by atoms with Crippen LogP contribution >= 0.6 is 11.8 Å². The molecule has 2 aliphatic heterocycles. The third-order valence-electron chi connectivity index (χ3n) is 3.66. The average Bonchev–Trinajstić information content (AvgIpc) is 2.38. The Hall–Kier alpha value is 0.230. The van der Waals surface area contributed by atoms with Crippen LogP contribution in [0.1, 0.15) is 19.3 Å². The Balaban J connectivity index is 1.59. The Morgan fingerprint density at radius 3 is 2.81 bits per heavy atom. The van der Waals surface area contributed by atoms with Crippen molar-refractivity contribution in [2.75, 3.05) is 44.8 Å². The van der Waals surface area contributed by atoms with Crippen molar-refractivity contribution >= 4 is 11.8 Å². The highest BCUT2D eigenvalue weighted by atomic mass is 32.2. The van der Waals surface area contributed by atoms with E-state index in [0.717, 1.165) is 6.04 Å². The summed E-state index contributed by atoms with van der Waals surface area (Å²) in [7, 11) is 1.84. The second-order valence-corrected chi connectivity index (χ2v) is 5.94. The van der Waals surface area contributed by atoms with Crippen LogP contribution in [0.5, 0.6) is 0 Å². The Bertz CT molecular complexity index is 189. The van der Waals surface area contributed by atoms with Crippen LogP contribution in [0.3, 0.4) is 0 Å². The lowest BCUT2D eigenvalue weighted by Gasteiger charge is -2.32. The van der Waals surface area contributed by atoms with Crippen molar-refractivity contribution in [3.63, 3.8) is 0 Å². The van der Waals surface area contributed by atoms with E-state index in [4.69, 9.17) is 4.74 Å². The van der Waals surface area contributed by atoms with Crippen molar-refractivity contribution in [1.82, 2.24) is 10.2 Å². The van der Waals surface area contributed by atoms with Crippen molar-refractivity contribution in [2.24, 2.45) is 0 Å². The van der Waals surface area contributed by atoms with E-state index in [9.17, 15) is 0 Å². The van der Waals surface area contributed by atoms with E-state index in [0.29, 0.717) is 6.10 Å². The molecule has 2 fully saturated rings. The molecule has 2 rings (SSSR count). The maximum absolute atomic E-state index is 5.39. The van der Waals surface area contributed by atoms with Crippen LogP contribution in [0.25, 0.3) is 0 Å².